The van der Waals surface area contributed by atoms with Crippen molar-refractivity contribution in [1.82, 2.24) is 0 Å². The number of hydrogen-bond acceptors (Lipinski definition) is 2. The van der Waals surface area contributed by atoms with E-state index in [0.29, 0.717) is 0 Å². The fourth-order valence-corrected chi connectivity index (χ4v) is 1.12. The summed E-state index contributed by atoms with van der Waals surface area (Å²) in [6, 6.07) is 8.08. The molecular weight excluding hydrogens is 166 g/mol. The zero-order valence-corrected chi connectivity index (χ0v) is 8.19. The van der Waals surface area contributed by atoms with Crippen LogP contribution in [0.3, 0.4) is 0 Å². The molecule has 0 aliphatic heterocycles. The summed E-state index contributed by atoms with van der Waals surface area (Å²) in [7, 11) is 0. The quantitative estimate of drug-likeness (QED) is 0.555. The third-order valence-corrected chi connectivity index (χ3v) is 2.36. The molecule has 2 heteroatoms. The van der Waals surface area contributed by atoms with E-state index in [1.54, 1.807) is 0 Å². The molecule has 1 rings (SSSR count). The van der Waals surface area contributed by atoms with Crippen LogP contribution in [0, 0.1) is 6.92 Å². The lowest BCUT2D eigenvalue weighted by molar-refractivity contribution is 0.991. The Kier molecular flexibility index (Phi) is 2.95. The van der Waals surface area contributed by atoms with Gasteiger partial charge >= 0.3 is 0 Å². The van der Waals surface area contributed by atoms with E-state index in [-0.39, 0.29) is 6.04 Å². The Morgan fingerprint density at radius 1 is 1.33 bits per heavy atom. The summed E-state index contributed by atoms with van der Waals surface area (Å²) < 4.78 is 0. The van der Waals surface area contributed by atoms with Crippen LogP contribution in [0.1, 0.15) is 18.1 Å². The molecule has 1 aromatic carbocycles. The van der Waals surface area contributed by atoms with Crippen LogP contribution in [-0.4, -0.2) is 10.9 Å². The molecule has 0 saturated heterocycles. The van der Waals surface area contributed by atoms with Gasteiger partial charge in [0, 0.05) is 10.9 Å². The van der Waals surface area contributed by atoms with Gasteiger partial charge in [-0.1, -0.05) is 42.0 Å². The summed E-state index contributed by atoms with van der Waals surface area (Å²) in [4.78, 5) is 0.829. The summed E-state index contributed by atoms with van der Waals surface area (Å²) in [6.07, 6.45) is 0. The van der Waals surface area contributed by atoms with Crippen molar-refractivity contribution in [2.24, 2.45) is 5.73 Å². The van der Waals surface area contributed by atoms with E-state index >= 15 is 0 Å². The third kappa shape index (κ3) is 2.13. The van der Waals surface area contributed by atoms with Crippen molar-refractivity contribution in [2.45, 2.75) is 19.9 Å². The molecule has 1 atom stereocenters. The van der Waals surface area contributed by atoms with Gasteiger partial charge in [-0.15, -0.1) is 0 Å². The van der Waals surface area contributed by atoms with Crippen LogP contribution in [0.25, 0.3) is 0 Å². The van der Waals surface area contributed by atoms with Crippen molar-refractivity contribution >= 4 is 17.1 Å². The van der Waals surface area contributed by atoms with Gasteiger partial charge in [0.2, 0.25) is 0 Å². The minimum absolute atomic E-state index is 0.0392. The Morgan fingerprint density at radius 3 is 2.25 bits per heavy atom. The van der Waals surface area contributed by atoms with Crippen molar-refractivity contribution in [1.29, 1.82) is 0 Å². The highest BCUT2D eigenvalue weighted by Gasteiger charge is 2.04. The summed E-state index contributed by atoms with van der Waals surface area (Å²) in [6.45, 7) is 3.96. The molecule has 0 saturated carbocycles. The third-order valence-electron chi connectivity index (χ3n) is 1.75. The van der Waals surface area contributed by atoms with E-state index < -0.39 is 0 Å². The Labute approximate surface area is 78.6 Å². The topological polar surface area (TPSA) is 26.0 Å². The SMILES string of the molecule is Cc1ccc(C(=S)C(C)N)cc1. The number of nitrogens with two attached hydrogens (primary N) is 1. The summed E-state index contributed by atoms with van der Waals surface area (Å²) in [5.74, 6) is 0. The lowest BCUT2D eigenvalue weighted by atomic mass is 10.1. The molecule has 0 aliphatic carbocycles. The monoisotopic (exact) mass is 179 g/mol. The van der Waals surface area contributed by atoms with Gasteiger partial charge in [-0.3, -0.25) is 0 Å². The summed E-state index contributed by atoms with van der Waals surface area (Å²) >= 11 is 5.16. The van der Waals surface area contributed by atoms with Crippen molar-refractivity contribution in [3.8, 4) is 0 Å². The normalized spacial score (nSPS) is 12.6. The Balaban J connectivity index is 2.90. The summed E-state index contributed by atoms with van der Waals surface area (Å²) in [5.41, 5.74) is 7.97. The van der Waals surface area contributed by atoms with Crippen molar-refractivity contribution in [3.63, 3.8) is 0 Å². The molecule has 1 unspecified atom stereocenters. The maximum atomic E-state index is 5.66. The van der Waals surface area contributed by atoms with Gasteiger partial charge < -0.3 is 5.73 Å². The van der Waals surface area contributed by atoms with Gasteiger partial charge in [0.05, 0.1) is 0 Å². The fraction of sp³-hybridized carbons (Fsp3) is 0.300. The zero-order valence-electron chi connectivity index (χ0n) is 7.37. The van der Waals surface area contributed by atoms with Crippen LogP contribution in [0.15, 0.2) is 24.3 Å². The van der Waals surface area contributed by atoms with Crippen LogP contribution in [-0.2, 0) is 0 Å². The first-order valence-corrected chi connectivity index (χ1v) is 4.38. The lowest BCUT2D eigenvalue weighted by Gasteiger charge is -2.07. The Hall–Kier alpha value is -0.730. The van der Waals surface area contributed by atoms with Crippen molar-refractivity contribution < 1.29 is 0 Å². The zero-order chi connectivity index (χ0) is 9.14. The minimum Gasteiger partial charge on any atom is -0.323 e. The predicted octanol–water partition coefficient (Wildman–Crippen LogP) is 2.06. The fourth-order valence-electron chi connectivity index (χ4n) is 0.981. The highest BCUT2D eigenvalue weighted by atomic mass is 32.1. The number of aryl methyl sites for hydroxylation is 1. The second kappa shape index (κ2) is 3.78. The van der Waals surface area contributed by atoms with Crippen LogP contribution in [0.5, 0.6) is 0 Å². The van der Waals surface area contributed by atoms with E-state index in [1.807, 2.05) is 31.2 Å². The molecule has 2 N–H and O–H groups in total. The predicted molar refractivity (Wildman–Crippen MR) is 56.5 cm³/mol. The van der Waals surface area contributed by atoms with Gasteiger partial charge in [0.25, 0.3) is 0 Å². The van der Waals surface area contributed by atoms with Gasteiger partial charge in [-0.25, -0.2) is 0 Å². The number of benzene rings is 1. The molecule has 1 nitrogen and oxygen atoms in total. The Bertz CT molecular complexity index is 274. The average Bonchev–Trinajstić information content (AvgIpc) is 2.04. The van der Waals surface area contributed by atoms with Gasteiger partial charge in [-0.05, 0) is 19.4 Å². The molecule has 0 fully saturated rings. The first-order chi connectivity index (χ1) is 5.61. The van der Waals surface area contributed by atoms with E-state index in [2.05, 4.69) is 6.92 Å². The number of hydrogen-bond donors (Lipinski definition) is 1. The van der Waals surface area contributed by atoms with E-state index in [1.165, 1.54) is 5.56 Å². The van der Waals surface area contributed by atoms with E-state index in [0.717, 1.165) is 10.4 Å². The molecule has 0 radical (unpaired) electrons. The van der Waals surface area contributed by atoms with Crippen molar-refractivity contribution in [3.05, 3.63) is 35.4 Å². The average molecular weight is 179 g/mol. The van der Waals surface area contributed by atoms with Crippen LogP contribution in [0.4, 0.5) is 0 Å². The molecule has 1 aromatic rings. The molecule has 0 amide bonds. The maximum absolute atomic E-state index is 5.66. The lowest BCUT2D eigenvalue weighted by Crippen LogP contribution is -2.25. The molecule has 0 aromatic heterocycles. The molecule has 0 aliphatic rings. The van der Waals surface area contributed by atoms with Crippen LogP contribution in [0.2, 0.25) is 0 Å². The molecule has 12 heavy (non-hydrogen) atoms. The van der Waals surface area contributed by atoms with Crippen LogP contribution >= 0.6 is 12.2 Å². The molecule has 0 heterocycles. The highest BCUT2D eigenvalue weighted by molar-refractivity contribution is 7.81. The first-order valence-electron chi connectivity index (χ1n) is 3.97. The Morgan fingerprint density at radius 2 is 1.83 bits per heavy atom. The molecule has 64 valence electrons. The standard InChI is InChI=1S/C10H13NS/c1-7-3-5-9(6-4-7)10(12)8(2)11/h3-6,8H,11H2,1-2H3. The second-order valence-corrected chi connectivity index (χ2v) is 3.46. The molecular formula is C10H13NS. The van der Waals surface area contributed by atoms with E-state index in [4.69, 9.17) is 18.0 Å². The number of thiocarbonyl (C=S) groups is 1. The largest absolute Gasteiger partial charge is 0.323 e. The summed E-state index contributed by atoms with van der Waals surface area (Å²) in [5, 5.41) is 0. The maximum Gasteiger partial charge on any atom is 0.0389 e. The smallest absolute Gasteiger partial charge is 0.0389 e. The minimum atomic E-state index is -0.0392. The van der Waals surface area contributed by atoms with Crippen LogP contribution < -0.4 is 5.73 Å². The van der Waals surface area contributed by atoms with Gasteiger partial charge in [0.15, 0.2) is 0 Å². The van der Waals surface area contributed by atoms with Gasteiger partial charge in [-0.2, -0.15) is 0 Å². The van der Waals surface area contributed by atoms with Gasteiger partial charge in [0.1, 0.15) is 0 Å². The van der Waals surface area contributed by atoms with E-state index in [9.17, 15) is 0 Å². The first kappa shape index (κ1) is 9.36. The highest BCUT2D eigenvalue weighted by Crippen LogP contribution is 2.06. The second-order valence-electron chi connectivity index (χ2n) is 3.02. The van der Waals surface area contributed by atoms with Crippen molar-refractivity contribution in [2.75, 3.05) is 0 Å². The number of rotatable bonds is 2. The molecule has 0 spiro atoms. The molecule has 0 bridgehead atoms.